The highest BCUT2D eigenvalue weighted by atomic mass is 16.3. The normalized spacial score (nSPS) is 14.1. The molecule has 0 unspecified atom stereocenters. The lowest BCUT2D eigenvalue weighted by atomic mass is 10.0. The molecular formula is C22H21N5O2. The minimum Gasteiger partial charge on any atom is -0.461 e. The number of nitrogens with zero attached hydrogens (tertiary/aromatic N) is 4. The van der Waals surface area contributed by atoms with Crippen molar-refractivity contribution < 1.29 is 4.42 Å². The molecule has 4 heterocycles. The summed E-state index contributed by atoms with van der Waals surface area (Å²) in [7, 11) is 1.94. The first-order valence-corrected chi connectivity index (χ1v) is 9.63. The van der Waals surface area contributed by atoms with Crippen molar-refractivity contribution in [1.82, 2.24) is 24.6 Å². The van der Waals surface area contributed by atoms with E-state index in [1.807, 2.05) is 29.9 Å². The molecule has 1 N–H and O–H groups in total. The van der Waals surface area contributed by atoms with Crippen LogP contribution in [-0.2, 0) is 26.6 Å². The lowest BCUT2D eigenvalue weighted by Crippen LogP contribution is -2.35. The molecule has 29 heavy (non-hydrogen) atoms. The van der Waals surface area contributed by atoms with Gasteiger partial charge in [0.05, 0.1) is 23.2 Å². The highest BCUT2D eigenvalue weighted by Gasteiger charge is 2.23. The first kappa shape index (κ1) is 17.6. The number of aromatic nitrogens is 4. The van der Waals surface area contributed by atoms with Crippen molar-refractivity contribution in [1.29, 1.82) is 0 Å². The van der Waals surface area contributed by atoms with Crippen molar-refractivity contribution in [2.24, 2.45) is 7.05 Å². The summed E-state index contributed by atoms with van der Waals surface area (Å²) in [5.74, 6) is 1.07. The predicted molar refractivity (Wildman–Crippen MR) is 109 cm³/mol. The third kappa shape index (κ3) is 3.40. The Hall–Kier alpha value is -3.45. The highest BCUT2D eigenvalue weighted by molar-refractivity contribution is 5.62. The lowest BCUT2D eigenvalue weighted by molar-refractivity contribution is 0.242. The number of H-pyrrole nitrogens is 1. The largest absolute Gasteiger partial charge is 0.461 e. The van der Waals surface area contributed by atoms with Crippen LogP contribution in [-0.4, -0.2) is 31.2 Å². The van der Waals surface area contributed by atoms with E-state index in [9.17, 15) is 4.79 Å². The molecule has 1 aliphatic rings. The van der Waals surface area contributed by atoms with E-state index in [0.29, 0.717) is 18.1 Å². The van der Waals surface area contributed by atoms with Crippen molar-refractivity contribution in [3.63, 3.8) is 0 Å². The number of furan rings is 1. The fourth-order valence-corrected chi connectivity index (χ4v) is 3.88. The van der Waals surface area contributed by atoms with E-state index in [1.54, 1.807) is 18.4 Å². The van der Waals surface area contributed by atoms with Crippen molar-refractivity contribution in [3.05, 3.63) is 82.1 Å². The number of hydrogen-bond acceptors (Lipinski definition) is 5. The van der Waals surface area contributed by atoms with Crippen LogP contribution in [0.2, 0.25) is 0 Å². The molecule has 7 heteroatoms. The van der Waals surface area contributed by atoms with Gasteiger partial charge in [-0.15, -0.1) is 0 Å². The van der Waals surface area contributed by atoms with Crippen LogP contribution >= 0.6 is 0 Å². The van der Waals surface area contributed by atoms with Gasteiger partial charge in [0.25, 0.3) is 5.56 Å². The summed E-state index contributed by atoms with van der Waals surface area (Å²) in [6.07, 6.45) is 4.36. The smallest absolute Gasteiger partial charge is 0.256 e. The zero-order valence-electron chi connectivity index (χ0n) is 16.1. The number of rotatable bonds is 4. The summed E-state index contributed by atoms with van der Waals surface area (Å²) in [6, 6.07) is 13.8. The zero-order chi connectivity index (χ0) is 19.8. The van der Waals surface area contributed by atoms with E-state index < -0.39 is 0 Å². The number of aromatic amines is 1. The van der Waals surface area contributed by atoms with E-state index in [-0.39, 0.29) is 5.56 Å². The molecule has 1 aliphatic heterocycles. The predicted octanol–water partition coefficient (Wildman–Crippen LogP) is 2.99. The van der Waals surface area contributed by atoms with Crippen LogP contribution < -0.4 is 5.56 Å². The summed E-state index contributed by atoms with van der Waals surface area (Å²) in [6.45, 7) is 2.14. The zero-order valence-corrected chi connectivity index (χ0v) is 16.1. The van der Waals surface area contributed by atoms with Gasteiger partial charge < -0.3 is 9.40 Å². The van der Waals surface area contributed by atoms with Crippen molar-refractivity contribution >= 4 is 0 Å². The second-order valence-electron chi connectivity index (χ2n) is 7.32. The molecule has 0 amide bonds. The average molecular weight is 387 g/mol. The first-order valence-electron chi connectivity index (χ1n) is 9.63. The second-order valence-corrected chi connectivity index (χ2v) is 7.32. The van der Waals surface area contributed by atoms with Gasteiger partial charge in [0.2, 0.25) is 0 Å². The Morgan fingerprint density at radius 3 is 2.83 bits per heavy atom. The molecule has 3 aromatic heterocycles. The monoisotopic (exact) mass is 387 g/mol. The summed E-state index contributed by atoms with van der Waals surface area (Å²) in [5, 5.41) is 4.65. The minimum atomic E-state index is -0.0967. The van der Waals surface area contributed by atoms with Gasteiger partial charge in [0.1, 0.15) is 0 Å². The van der Waals surface area contributed by atoms with Gasteiger partial charge in [-0.05, 0) is 12.1 Å². The standard InChI is InChI=1S/C22H21N5O2/c1-26-12-16(20(25-26)15-6-3-2-4-7-15)13-27-10-9-18-17(14-27)22(28)24-21(23-18)19-8-5-11-29-19/h2-8,11-12H,9-10,13-14H2,1H3,(H,23,24,28). The molecule has 0 saturated heterocycles. The number of nitrogens with one attached hydrogen (secondary N) is 1. The van der Waals surface area contributed by atoms with Gasteiger partial charge in [-0.2, -0.15) is 5.10 Å². The molecule has 5 rings (SSSR count). The summed E-state index contributed by atoms with van der Waals surface area (Å²) >= 11 is 0. The van der Waals surface area contributed by atoms with Crippen LogP contribution in [0.15, 0.2) is 64.1 Å². The molecule has 0 atom stereocenters. The van der Waals surface area contributed by atoms with Crippen LogP contribution in [0.4, 0.5) is 0 Å². The quantitative estimate of drug-likeness (QED) is 0.582. The molecule has 0 aliphatic carbocycles. The molecule has 146 valence electrons. The molecule has 0 radical (unpaired) electrons. The molecule has 0 spiro atoms. The molecule has 0 fully saturated rings. The number of hydrogen-bond donors (Lipinski definition) is 1. The highest BCUT2D eigenvalue weighted by Crippen LogP contribution is 2.25. The van der Waals surface area contributed by atoms with Crippen LogP contribution in [0, 0.1) is 0 Å². The summed E-state index contributed by atoms with van der Waals surface area (Å²) < 4.78 is 7.22. The Balaban J connectivity index is 1.41. The number of benzene rings is 1. The third-order valence-corrected chi connectivity index (χ3v) is 5.25. The summed E-state index contributed by atoms with van der Waals surface area (Å²) in [5.41, 5.74) is 4.73. The van der Waals surface area contributed by atoms with Gasteiger partial charge in [0.15, 0.2) is 11.6 Å². The number of fused-ring (bicyclic) bond motifs is 1. The van der Waals surface area contributed by atoms with Gasteiger partial charge >= 0.3 is 0 Å². The Morgan fingerprint density at radius 2 is 2.03 bits per heavy atom. The van der Waals surface area contributed by atoms with Crippen molar-refractivity contribution in [2.75, 3.05) is 6.54 Å². The minimum absolute atomic E-state index is 0.0967. The van der Waals surface area contributed by atoms with E-state index in [2.05, 4.69) is 38.3 Å². The van der Waals surface area contributed by atoms with Crippen LogP contribution in [0.5, 0.6) is 0 Å². The van der Waals surface area contributed by atoms with Gasteiger partial charge in [-0.25, -0.2) is 4.98 Å². The summed E-state index contributed by atoms with van der Waals surface area (Å²) in [4.78, 5) is 22.5. The van der Waals surface area contributed by atoms with Crippen molar-refractivity contribution in [2.45, 2.75) is 19.5 Å². The Kier molecular flexibility index (Phi) is 4.37. The van der Waals surface area contributed by atoms with Crippen molar-refractivity contribution in [3.8, 4) is 22.8 Å². The average Bonchev–Trinajstić information content (AvgIpc) is 3.39. The van der Waals surface area contributed by atoms with E-state index in [1.165, 1.54) is 0 Å². The van der Waals surface area contributed by atoms with E-state index >= 15 is 0 Å². The molecule has 0 bridgehead atoms. The fraction of sp³-hybridized carbons (Fsp3) is 0.227. The maximum Gasteiger partial charge on any atom is 0.256 e. The topological polar surface area (TPSA) is 80.0 Å². The molecule has 1 aromatic carbocycles. The Bertz CT molecular complexity index is 1190. The van der Waals surface area contributed by atoms with Crippen LogP contribution in [0.1, 0.15) is 16.8 Å². The maximum absolute atomic E-state index is 12.7. The fourth-order valence-electron chi connectivity index (χ4n) is 3.88. The van der Waals surface area contributed by atoms with Gasteiger partial charge in [-0.1, -0.05) is 30.3 Å². The Labute approximate surface area is 167 Å². The SMILES string of the molecule is Cn1cc(CN2CCc3nc(-c4ccco4)[nH]c(=O)c3C2)c(-c2ccccc2)n1. The molecule has 7 nitrogen and oxygen atoms in total. The maximum atomic E-state index is 12.7. The molecule has 0 saturated carbocycles. The van der Waals surface area contributed by atoms with Gasteiger partial charge in [-0.3, -0.25) is 14.4 Å². The van der Waals surface area contributed by atoms with E-state index in [0.717, 1.165) is 47.6 Å². The third-order valence-electron chi connectivity index (χ3n) is 5.25. The van der Waals surface area contributed by atoms with Crippen LogP contribution in [0.3, 0.4) is 0 Å². The lowest BCUT2D eigenvalue weighted by Gasteiger charge is -2.27. The number of aryl methyl sites for hydroxylation is 1. The van der Waals surface area contributed by atoms with Gasteiger partial charge in [0, 0.05) is 50.4 Å². The molecule has 4 aromatic rings. The molecular weight excluding hydrogens is 366 g/mol. The first-order chi connectivity index (χ1) is 14.2. The second kappa shape index (κ2) is 7.18. The van der Waals surface area contributed by atoms with Crippen LogP contribution in [0.25, 0.3) is 22.8 Å². The van der Waals surface area contributed by atoms with E-state index in [4.69, 9.17) is 4.42 Å². The Morgan fingerprint density at radius 1 is 1.17 bits per heavy atom.